The fourth-order valence-electron chi connectivity index (χ4n) is 1.51. The molecule has 1 unspecified atom stereocenters. The van der Waals surface area contributed by atoms with Gasteiger partial charge in [-0.25, -0.2) is 13.1 Å². The summed E-state index contributed by atoms with van der Waals surface area (Å²) in [6.45, 7) is 5.15. The van der Waals surface area contributed by atoms with Crippen molar-refractivity contribution in [1.82, 2.24) is 4.72 Å². The van der Waals surface area contributed by atoms with Crippen LogP contribution in [0.15, 0.2) is 0 Å². The summed E-state index contributed by atoms with van der Waals surface area (Å²) >= 11 is 0. The zero-order valence-electron chi connectivity index (χ0n) is 9.69. The summed E-state index contributed by atoms with van der Waals surface area (Å²) in [6.07, 6.45) is 1.69. The Morgan fingerprint density at radius 1 is 1.50 bits per heavy atom. The fourth-order valence-corrected chi connectivity index (χ4v) is 2.45. The van der Waals surface area contributed by atoms with E-state index >= 15 is 0 Å². The van der Waals surface area contributed by atoms with Gasteiger partial charge >= 0.3 is 0 Å². The van der Waals surface area contributed by atoms with E-state index in [-0.39, 0.29) is 5.41 Å². The van der Waals surface area contributed by atoms with Crippen molar-refractivity contribution in [3.8, 4) is 6.07 Å². The van der Waals surface area contributed by atoms with Gasteiger partial charge in [0, 0.05) is 19.8 Å². The standard InChI is InChI=1S/C10H18N2O3S/c1-9(7-11)16(13,14)12-8-10(2)3-5-15-6-4-10/h9,12H,3-6,8H2,1-2H3. The molecule has 1 atom stereocenters. The Morgan fingerprint density at radius 2 is 2.06 bits per heavy atom. The Kier molecular flexibility index (Phi) is 4.30. The van der Waals surface area contributed by atoms with Crippen molar-refractivity contribution < 1.29 is 13.2 Å². The lowest BCUT2D eigenvalue weighted by molar-refractivity contribution is 0.0264. The molecule has 0 aromatic rings. The first-order valence-corrected chi connectivity index (χ1v) is 6.90. The first kappa shape index (κ1) is 13.4. The zero-order valence-corrected chi connectivity index (χ0v) is 10.5. The Labute approximate surface area is 96.8 Å². The van der Waals surface area contributed by atoms with E-state index in [1.54, 1.807) is 6.07 Å². The van der Waals surface area contributed by atoms with E-state index in [9.17, 15) is 8.42 Å². The topological polar surface area (TPSA) is 79.2 Å². The largest absolute Gasteiger partial charge is 0.381 e. The number of rotatable bonds is 4. The van der Waals surface area contributed by atoms with Crippen LogP contribution >= 0.6 is 0 Å². The molecule has 0 spiro atoms. The van der Waals surface area contributed by atoms with Crippen LogP contribution in [0.3, 0.4) is 0 Å². The molecule has 0 aromatic carbocycles. The summed E-state index contributed by atoms with van der Waals surface area (Å²) in [6, 6.07) is 1.73. The predicted octanol–water partition coefficient (Wildman–Crippen LogP) is 0.635. The van der Waals surface area contributed by atoms with Crippen molar-refractivity contribution in [1.29, 1.82) is 5.26 Å². The van der Waals surface area contributed by atoms with Crippen molar-refractivity contribution >= 4 is 10.0 Å². The van der Waals surface area contributed by atoms with Gasteiger partial charge in [0.15, 0.2) is 5.25 Å². The molecule has 1 fully saturated rings. The third kappa shape index (κ3) is 3.44. The summed E-state index contributed by atoms with van der Waals surface area (Å²) in [5.74, 6) is 0. The van der Waals surface area contributed by atoms with Crippen molar-refractivity contribution in [3.63, 3.8) is 0 Å². The molecule has 0 amide bonds. The van der Waals surface area contributed by atoms with Crippen molar-refractivity contribution in [2.45, 2.75) is 31.9 Å². The molecule has 16 heavy (non-hydrogen) atoms. The second-order valence-electron chi connectivity index (χ2n) is 4.56. The van der Waals surface area contributed by atoms with E-state index in [0.717, 1.165) is 12.8 Å². The maximum absolute atomic E-state index is 11.6. The van der Waals surface area contributed by atoms with Gasteiger partial charge in [0.1, 0.15) is 0 Å². The van der Waals surface area contributed by atoms with Gasteiger partial charge in [-0.2, -0.15) is 5.26 Å². The lowest BCUT2D eigenvalue weighted by Crippen LogP contribution is -2.41. The Morgan fingerprint density at radius 3 is 2.56 bits per heavy atom. The number of sulfonamides is 1. The molecule has 1 saturated heterocycles. The average Bonchev–Trinajstić information content (AvgIpc) is 2.27. The maximum Gasteiger partial charge on any atom is 0.227 e. The third-order valence-electron chi connectivity index (χ3n) is 3.05. The Bertz CT molecular complexity index is 366. The molecule has 1 aliphatic heterocycles. The lowest BCUT2D eigenvalue weighted by atomic mass is 9.83. The second-order valence-corrected chi connectivity index (χ2v) is 6.65. The van der Waals surface area contributed by atoms with Crippen LogP contribution in [0.2, 0.25) is 0 Å². The van der Waals surface area contributed by atoms with Crippen molar-refractivity contribution in [3.05, 3.63) is 0 Å². The van der Waals surface area contributed by atoms with Crippen LogP contribution in [0.1, 0.15) is 26.7 Å². The van der Waals surface area contributed by atoms with Gasteiger partial charge in [-0.05, 0) is 25.2 Å². The van der Waals surface area contributed by atoms with Crippen LogP contribution < -0.4 is 4.72 Å². The van der Waals surface area contributed by atoms with E-state index in [0.29, 0.717) is 19.8 Å². The third-order valence-corrected chi connectivity index (χ3v) is 4.63. The molecular formula is C10H18N2O3S. The van der Waals surface area contributed by atoms with Gasteiger partial charge in [0.2, 0.25) is 10.0 Å². The average molecular weight is 246 g/mol. The highest BCUT2D eigenvalue weighted by Gasteiger charge is 2.30. The molecule has 0 aliphatic carbocycles. The quantitative estimate of drug-likeness (QED) is 0.789. The van der Waals surface area contributed by atoms with Gasteiger partial charge in [0.25, 0.3) is 0 Å². The van der Waals surface area contributed by atoms with Gasteiger partial charge in [-0.3, -0.25) is 0 Å². The molecule has 5 nitrogen and oxygen atoms in total. The van der Waals surface area contributed by atoms with Crippen molar-refractivity contribution in [2.24, 2.45) is 5.41 Å². The molecular weight excluding hydrogens is 228 g/mol. The summed E-state index contributed by atoms with van der Waals surface area (Å²) < 4.78 is 30.9. The number of nitriles is 1. The van der Waals surface area contributed by atoms with Gasteiger partial charge in [-0.15, -0.1) is 0 Å². The number of ether oxygens (including phenoxy) is 1. The molecule has 0 bridgehead atoms. The van der Waals surface area contributed by atoms with E-state index in [2.05, 4.69) is 4.72 Å². The second kappa shape index (κ2) is 5.13. The molecule has 1 heterocycles. The van der Waals surface area contributed by atoms with Crippen LogP contribution in [-0.2, 0) is 14.8 Å². The monoisotopic (exact) mass is 246 g/mol. The molecule has 92 valence electrons. The smallest absolute Gasteiger partial charge is 0.227 e. The molecule has 0 saturated carbocycles. The molecule has 6 heteroatoms. The molecule has 1 N–H and O–H groups in total. The van der Waals surface area contributed by atoms with E-state index in [1.807, 2.05) is 6.92 Å². The van der Waals surface area contributed by atoms with Crippen LogP contribution in [0.5, 0.6) is 0 Å². The predicted molar refractivity (Wildman–Crippen MR) is 60.2 cm³/mol. The van der Waals surface area contributed by atoms with Crippen molar-refractivity contribution in [2.75, 3.05) is 19.8 Å². The maximum atomic E-state index is 11.6. The number of nitrogens with one attached hydrogen (secondary N) is 1. The summed E-state index contributed by atoms with van der Waals surface area (Å²) in [7, 11) is -3.50. The van der Waals surface area contributed by atoms with Gasteiger partial charge < -0.3 is 4.74 Å². The van der Waals surface area contributed by atoms with Crippen LogP contribution in [0, 0.1) is 16.7 Å². The van der Waals surface area contributed by atoms with Gasteiger partial charge in [0.05, 0.1) is 6.07 Å². The minimum atomic E-state index is -3.50. The Balaban J connectivity index is 2.54. The SMILES string of the molecule is CC(C#N)S(=O)(=O)NCC1(C)CCOCC1. The zero-order chi connectivity index (χ0) is 12.2. The normalized spacial score (nSPS) is 22.3. The minimum absolute atomic E-state index is 0.0551. The summed E-state index contributed by atoms with van der Waals surface area (Å²) in [5.41, 5.74) is -0.0551. The number of hydrogen-bond acceptors (Lipinski definition) is 4. The molecule has 1 rings (SSSR count). The first-order valence-electron chi connectivity index (χ1n) is 5.35. The molecule has 1 aliphatic rings. The van der Waals surface area contributed by atoms with E-state index in [1.165, 1.54) is 6.92 Å². The van der Waals surface area contributed by atoms with E-state index in [4.69, 9.17) is 10.00 Å². The highest BCUT2D eigenvalue weighted by molar-refractivity contribution is 7.90. The summed E-state index contributed by atoms with van der Waals surface area (Å²) in [5, 5.41) is 7.58. The molecule has 0 aromatic heterocycles. The molecule has 0 radical (unpaired) electrons. The number of hydrogen-bond donors (Lipinski definition) is 1. The van der Waals surface area contributed by atoms with Crippen LogP contribution in [0.25, 0.3) is 0 Å². The highest BCUT2D eigenvalue weighted by atomic mass is 32.2. The van der Waals surface area contributed by atoms with Crippen LogP contribution in [0.4, 0.5) is 0 Å². The fraction of sp³-hybridized carbons (Fsp3) is 0.900. The van der Waals surface area contributed by atoms with E-state index < -0.39 is 15.3 Å². The lowest BCUT2D eigenvalue weighted by Gasteiger charge is -2.33. The van der Waals surface area contributed by atoms with Crippen LogP contribution in [-0.4, -0.2) is 33.4 Å². The number of nitrogens with zero attached hydrogens (tertiary/aromatic N) is 1. The highest BCUT2D eigenvalue weighted by Crippen LogP contribution is 2.28. The summed E-state index contributed by atoms with van der Waals surface area (Å²) in [4.78, 5) is 0. The first-order chi connectivity index (χ1) is 7.40. The Hall–Kier alpha value is -0.640. The van der Waals surface area contributed by atoms with Gasteiger partial charge in [-0.1, -0.05) is 6.92 Å². The minimum Gasteiger partial charge on any atom is -0.381 e.